The molecule has 134 valence electrons. The van der Waals surface area contributed by atoms with Crippen molar-refractivity contribution < 1.29 is 14.2 Å². The van der Waals surface area contributed by atoms with E-state index in [1.54, 1.807) is 0 Å². The van der Waals surface area contributed by atoms with Crippen molar-refractivity contribution in [2.75, 3.05) is 44.2 Å². The Hall–Kier alpha value is -1.17. The van der Waals surface area contributed by atoms with E-state index in [0.717, 1.165) is 38.3 Å². The molecule has 4 nitrogen and oxygen atoms in total. The van der Waals surface area contributed by atoms with Crippen molar-refractivity contribution >= 4 is 5.69 Å². The van der Waals surface area contributed by atoms with E-state index in [1.165, 1.54) is 25.0 Å². The SMILES string of the molecule is C[C@H]1CCC[C@@H]1OC[C@H](O)CN1CCN(c2ccc(F)cc2)CC1. The predicted octanol–water partition coefficient (Wildman–Crippen LogP) is 2.51. The molecule has 0 amide bonds. The normalized spacial score (nSPS) is 26.7. The standard InChI is InChI=1S/C19H29FN2O2/c1-15-3-2-4-19(15)24-14-18(23)13-21-9-11-22(12-10-21)17-7-5-16(20)6-8-17/h5-8,15,18-19,23H,2-4,9-14H2,1H3/t15-,18+,19-/m0/s1. The van der Waals surface area contributed by atoms with Crippen LogP contribution in [0.4, 0.5) is 10.1 Å². The van der Waals surface area contributed by atoms with E-state index in [-0.39, 0.29) is 5.82 Å². The zero-order valence-corrected chi connectivity index (χ0v) is 14.5. The van der Waals surface area contributed by atoms with Gasteiger partial charge in [0.15, 0.2) is 0 Å². The summed E-state index contributed by atoms with van der Waals surface area (Å²) in [6.07, 6.45) is 3.52. The topological polar surface area (TPSA) is 35.9 Å². The van der Waals surface area contributed by atoms with Gasteiger partial charge in [0.05, 0.1) is 18.8 Å². The maximum atomic E-state index is 13.0. The lowest BCUT2D eigenvalue weighted by atomic mass is 10.1. The molecular weight excluding hydrogens is 307 g/mol. The second-order valence-corrected chi connectivity index (χ2v) is 7.20. The van der Waals surface area contributed by atoms with E-state index in [2.05, 4.69) is 16.7 Å². The highest BCUT2D eigenvalue weighted by Crippen LogP contribution is 2.27. The average Bonchev–Trinajstić information content (AvgIpc) is 3.00. The minimum atomic E-state index is -0.421. The van der Waals surface area contributed by atoms with Gasteiger partial charge in [-0.1, -0.05) is 13.3 Å². The monoisotopic (exact) mass is 336 g/mol. The Morgan fingerprint density at radius 2 is 1.88 bits per heavy atom. The molecule has 1 heterocycles. The Labute approximate surface area is 144 Å². The molecule has 5 heteroatoms. The summed E-state index contributed by atoms with van der Waals surface area (Å²) in [5, 5.41) is 10.2. The number of benzene rings is 1. The van der Waals surface area contributed by atoms with Crippen LogP contribution in [0.5, 0.6) is 0 Å². The molecule has 0 unspecified atom stereocenters. The van der Waals surface area contributed by atoms with E-state index in [9.17, 15) is 9.50 Å². The summed E-state index contributed by atoms with van der Waals surface area (Å²) in [6, 6.07) is 6.67. The molecule has 1 saturated carbocycles. The number of β-amino-alcohol motifs (C(OH)–C–C–N with tert-alkyl or cyclic N) is 1. The molecule has 24 heavy (non-hydrogen) atoms. The number of nitrogens with zero attached hydrogens (tertiary/aromatic N) is 2. The van der Waals surface area contributed by atoms with Crippen LogP contribution in [-0.4, -0.2) is 61.5 Å². The van der Waals surface area contributed by atoms with Gasteiger partial charge in [-0.2, -0.15) is 0 Å². The van der Waals surface area contributed by atoms with Gasteiger partial charge < -0.3 is 14.7 Å². The first-order valence-corrected chi connectivity index (χ1v) is 9.14. The van der Waals surface area contributed by atoms with Gasteiger partial charge >= 0.3 is 0 Å². The molecule has 1 aromatic carbocycles. The van der Waals surface area contributed by atoms with Gasteiger partial charge in [-0.3, -0.25) is 4.90 Å². The summed E-state index contributed by atoms with van der Waals surface area (Å²) in [5.41, 5.74) is 1.06. The Balaban J connectivity index is 1.37. The molecule has 1 aliphatic carbocycles. The number of aliphatic hydroxyl groups is 1. The maximum absolute atomic E-state index is 13.0. The van der Waals surface area contributed by atoms with Crippen molar-refractivity contribution in [1.29, 1.82) is 0 Å². The summed E-state index contributed by atoms with van der Waals surface area (Å²) in [4.78, 5) is 4.55. The van der Waals surface area contributed by atoms with Gasteiger partial charge in [0, 0.05) is 38.4 Å². The van der Waals surface area contributed by atoms with Crippen molar-refractivity contribution in [3.8, 4) is 0 Å². The highest BCUT2D eigenvalue weighted by molar-refractivity contribution is 5.46. The summed E-state index contributed by atoms with van der Waals surface area (Å²) in [5.74, 6) is 0.425. The van der Waals surface area contributed by atoms with Crippen molar-refractivity contribution in [2.24, 2.45) is 5.92 Å². The number of ether oxygens (including phenoxy) is 1. The van der Waals surface area contributed by atoms with Gasteiger partial charge in [0.1, 0.15) is 5.82 Å². The van der Waals surface area contributed by atoms with Gasteiger partial charge in [0.25, 0.3) is 0 Å². The fourth-order valence-electron chi connectivity index (χ4n) is 3.78. The zero-order valence-electron chi connectivity index (χ0n) is 14.5. The molecule has 2 aliphatic rings. The number of piperazine rings is 1. The van der Waals surface area contributed by atoms with Crippen LogP contribution in [0.25, 0.3) is 0 Å². The van der Waals surface area contributed by atoms with Crippen molar-refractivity contribution in [3.63, 3.8) is 0 Å². The minimum absolute atomic E-state index is 0.197. The number of aliphatic hydroxyl groups excluding tert-OH is 1. The molecule has 0 aromatic heterocycles. The first-order chi connectivity index (χ1) is 11.6. The highest BCUT2D eigenvalue weighted by Gasteiger charge is 2.25. The Morgan fingerprint density at radius 1 is 1.17 bits per heavy atom. The molecular formula is C19H29FN2O2. The van der Waals surface area contributed by atoms with Crippen molar-refractivity contribution in [2.45, 2.75) is 38.4 Å². The average molecular weight is 336 g/mol. The third-order valence-electron chi connectivity index (χ3n) is 5.32. The predicted molar refractivity (Wildman–Crippen MR) is 93.8 cm³/mol. The van der Waals surface area contributed by atoms with Crippen molar-refractivity contribution in [3.05, 3.63) is 30.1 Å². The highest BCUT2D eigenvalue weighted by atomic mass is 19.1. The molecule has 1 saturated heterocycles. The largest absolute Gasteiger partial charge is 0.389 e. The molecule has 1 aromatic rings. The molecule has 0 radical (unpaired) electrons. The first kappa shape index (κ1) is 17.6. The van der Waals surface area contributed by atoms with E-state index >= 15 is 0 Å². The Kier molecular flexibility index (Phi) is 6.09. The molecule has 1 aliphatic heterocycles. The Morgan fingerprint density at radius 3 is 2.50 bits per heavy atom. The smallest absolute Gasteiger partial charge is 0.123 e. The van der Waals surface area contributed by atoms with E-state index < -0.39 is 6.10 Å². The van der Waals surface area contributed by atoms with Crippen LogP contribution in [0.15, 0.2) is 24.3 Å². The number of rotatable bonds is 6. The van der Waals surface area contributed by atoms with Crippen LogP contribution in [0.2, 0.25) is 0 Å². The molecule has 2 fully saturated rings. The van der Waals surface area contributed by atoms with Crippen LogP contribution in [0, 0.1) is 11.7 Å². The molecule has 0 bridgehead atoms. The van der Waals surface area contributed by atoms with Crippen LogP contribution in [0.1, 0.15) is 26.2 Å². The maximum Gasteiger partial charge on any atom is 0.123 e. The van der Waals surface area contributed by atoms with Crippen molar-refractivity contribution in [1.82, 2.24) is 4.90 Å². The number of hydrogen-bond acceptors (Lipinski definition) is 4. The second-order valence-electron chi connectivity index (χ2n) is 7.20. The number of halogens is 1. The van der Waals surface area contributed by atoms with E-state index in [1.807, 2.05) is 12.1 Å². The zero-order chi connectivity index (χ0) is 16.9. The lowest BCUT2D eigenvalue weighted by Gasteiger charge is -2.37. The lowest BCUT2D eigenvalue weighted by Crippen LogP contribution is -2.49. The fraction of sp³-hybridized carbons (Fsp3) is 0.684. The van der Waals surface area contributed by atoms with Gasteiger partial charge in [-0.25, -0.2) is 4.39 Å². The summed E-state index contributed by atoms with van der Waals surface area (Å²) >= 11 is 0. The fourth-order valence-corrected chi connectivity index (χ4v) is 3.78. The Bertz CT molecular complexity index is 503. The van der Waals surface area contributed by atoms with Gasteiger partial charge in [0.2, 0.25) is 0 Å². The summed E-state index contributed by atoms with van der Waals surface area (Å²) in [6.45, 7) is 6.96. The first-order valence-electron chi connectivity index (χ1n) is 9.14. The number of hydrogen-bond donors (Lipinski definition) is 1. The van der Waals surface area contributed by atoms with Crippen LogP contribution in [-0.2, 0) is 4.74 Å². The quantitative estimate of drug-likeness (QED) is 0.866. The molecule has 3 rings (SSSR count). The van der Waals surface area contributed by atoms with Gasteiger partial charge in [-0.05, 0) is 43.0 Å². The van der Waals surface area contributed by atoms with Gasteiger partial charge in [-0.15, -0.1) is 0 Å². The van der Waals surface area contributed by atoms with Crippen LogP contribution < -0.4 is 4.90 Å². The second kappa shape index (κ2) is 8.28. The third kappa shape index (κ3) is 4.68. The molecule has 1 N–H and O–H groups in total. The van der Waals surface area contributed by atoms with E-state index in [0.29, 0.717) is 25.2 Å². The lowest BCUT2D eigenvalue weighted by molar-refractivity contribution is -0.0321. The molecule has 3 atom stereocenters. The van der Waals surface area contributed by atoms with Crippen LogP contribution in [0.3, 0.4) is 0 Å². The van der Waals surface area contributed by atoms with E-state index in [4.69, 9.17) is 4.74 Å². The third-order valence-corrected chi connectivity index (χ3v) is 5.32. The summed E-state index contributed by atoms with van der Waals surface area (Å²) < 4.78 is 18.9. The minimum Gasteiger partial charge on any atom is -0.389 e. The molecule has 0 spiro atoms. The van der Waals surface area contributed by atoms with Crippen LogP contribution >= 0.6 is 0 Å². The number of anilines is 1. The summed E-state index contributed by atoms with van der Waals surface area (Å²) in [7, 11) is 0.